The number of sulfone groups is 1. The number of benzene rings is 1. The molecule has 0 bridgehead atoms. The number of allylic oxidation sites excluding steroid dienone is 3. The third kappa shape index (κ3) is 6.21. The summed E-state index contributed by atoms with van der Waals surface area (Å²) in [6.07, 6.45) is 4.15. The van der Waals surface area contributed by atoms with Crippen molar-refractivity contribution in [2.45, 2.75) is 52.2 Å². The van der Waals surface area contributed by atoms with Crippen LogP contribution in [0.4, 0.5) is 16.2 Å². The average Bonchev–Trinajstić information content (AvgIpc) is 2.81. The monoisotopic (exact) mass is 502 g/mol. The lowest BCUT2D eigenvalue weighted by Crippen LogP contribution is -2.52. The van der Waals surface area contributed by atoms with Crippen LogP contribution in [0.25, 0.3) is 5.57 Å². The van der Waals surface area contributed by atoms with E-state index < -0.39 is 15.9 Å². The Labute approximate surface area is 207 Å². The molecule has 2 aliphatic heterocycles. The Morgan fingerprint density at radius 3 is 2.49 bits per heavy atom. The van der Waals surface area contributed by atoms with E-state index in [0.717, 1.165) is 0 Å². The lowest BCUT2D eigenvalue weighted by molar-refractivity contribution is -0.117. The Kier molecular flexibility index (Phi) is 8.56. The highest BCUT2D eigenvalue weighted by atomic mass is 32.2. The Morgan fingerprint density at radius 1 is 1.17 bits per heavy atom. The van der Waals surface area contributed by atoms with E-state index in [1.54, 1.807) is 41.0 Å². The number of amides is 2. The number of rotatable bonds is 7. The second kappa shape index (κ2) is 11.2. The summed E-state index contributed by atoms with van der Waals surface area (Å²) in [6.45, 7) is 14.3. The summed E-state index contributed by atoms with van der Waals surface area (Å²) in [5, 5.41) is 0. The maximum atomic E-state index is 13.2. The van der Waals surface area contributed by atoms with E-state index in [9.17, 15) is 18.0 Å². The third-order valence-corrected chi connectivity index (χ3v) is 8.00. The van der Waals surface area contributed by atoms with Crippen molar-refractivity contribution in [2.24, 2.45) is 0 Å². The first-order valence-electron chi connectivity index (χ1n) is 11.8. The van der Waals surface area contributed by atoms with Crippen LogP contribution in [0.5, 0.6) is 0 Å². The molecule has 2 aliphatic rings. The molecule has 0 spiro atoms. The molecule has 2 heterocycles. The standard InChI is InChI=1S/C26H34N2O6S/c1-6-15-35(31,32)20(4)8-7-18(2)22-9-10-24-25(16-22)27(17-19(3)28(24)21(5)29)26(30)34-23-11-13-33-14-12-23/h7-10,16,19,23H,2,4,6,11-15,17H2,1,3,5H3/b8-7-. The van der Waals surface area contributed by atoms with E-state index in [-0.39, 0.29) is 35.3 Å². The molecule has 0 N–H and O–H groups in total. The molecule has 0 aromatic heterocycles. The maximum Gasteiger partial charge on any atom is 0.414 e. The Balaban J connectivity index is 1.90. The van der Waals surface area contributed by atoms with Crippen molar-refractivity contribution >= 4 is 38.8 Å². The Hall–Kier alpha value is -2.91. The highest BCUT2D eigenvalue weighted by molar-refractivity contribution is 7.95. The molecule has 3 rings (SSSR count). The normalized spacial score (nSPS) is 18.9. The molecule has 1 atom stereocenters. The Morgan fingerprint density at radius 2 is 1.86 bits per heavy atom. The predicted molar refractivity (Wildman–Crippen MR) is 138 cm³/mol. The summed E-state index contributed by atoms with van der Waals surface area (Å²) in [4.78, 5) is 28.8. The minimum atomic E-state index is -3.40. The number of nitrogens with zero attached hydrogens (tertiary/aromatic N) is 2. The van der Waals surface area contributed by atoms with E-state index in [4.69, 9.17) is 9.47 Å². The lowest BCUT2D eigenvalue weighted by atomic mass is 10.0. The van der Waals surface area contributed by atoms with E-state index in [2.05, 4.69) is 13.2 Å². The van der Waals surface area contributed by atoms with Gasteiger partial charge in [-0.15, -0.1) is 0 Å². The summed E-state index contributed by atoms with van der Waals surface area (Å²) in [5.74, 6) is -0.0924. The fourth-order valence-electron chi connectivity index (χ4n) is 4.27. The summed E-state index contributed by atoms with van der Waals surface area (Å²) >= 11 is 0. The van der Waals surface area contributed by atoms with E-state index in [0.29, 0.717) is 55.0 Å². The molecule has 190 valence electrons. The quantitative estimate of drug-likeness (QED) is 0.511. The first-order chi connectivity index (χ1) is 16.5. The molecule has 2 amide bonds. The molecule has 1 aromatic carbocycles. The molecule has 1 unspecified atom stereocenters. The summed E-state index contributed by atoms with van der Waals surface area (Å²) in [6, 6.07) is 5.12. The zero-order valence-electron chi connectivity index (χ0n) is 20.7. The van der Waals surface area contributed by atoms with Gasteiger partial charge in [0.1, 0.15) is 6.10 Å². The minimum Gasteiger partial charge on any atom is -0.446 e. The van der Waals surface area contributed by atoms with Gasteiger partial charge in [0.05, 0.1) is 41.3 Å². The smallest absolute Gasteiger partial charge is 0.414 e. The molecule has 0 radical (unpaired) electrons. The van der Waals surface area contributed by atoms with Gasteiger partial charge in [-0.3, -0.25) is 9.69 Å². The van der Waals surface area contributed by atoms with Gasteiger partial charge >= 0.3 is 6.09 Å². The molecule has 8 nitrogen and oxygen atoms in total. The molecule has 0 saturated carbocycles. The molecule has 1 aromatic rings. The highest BCUT2D eigenvalue weighted by Gasteiger charge is 2.35. The first kappa shape index (κ1) is 26.7. The van der Waals surface area contributed by atoms with Crippen molar-refractivity contribution in [2.75, 3.05) is 35.3 Å². The van der Waals surface area contributed by atoms with E-state index in [1.807, 2.05) is 6.92 Å². The van der Waals surface area contributed by atoms with Crippen LogP contribution in [-0.4, -0.2) is 58.1 Å². The van der Waals surface area contributed by atoms with Crippen LogP contribution in [0.1, 0.15) is 45.6 Å². The van der Waals surface area contributed by atoms with Crippen LogP contribution in [-0.2, 0) is 24.1 Å². The molecule has 9 heteroatoms. The third-order valence-electron chi connectivity index (χ3n) is 6.12. The number of fused-ring (bicyclic) bond motifs is 1. The van der Waals surface area contributed by atoms with Gasteiger partial charge in [-0.2, -0.15) is 0 Å². The summed E-state index contributed by atoms with van der Waals surface area (Å²) in [7, 11) is -3.40. The van der Waals surface area contributed by atoms with Gasteiger partial charge in [0, 0.05) is 26.3 Å². The molecule has 1 saturated heterocycles. The van der Waals surface area contributed by atoms with E-state index >= 15 is 0 Å². The van der Waals surface area contributed by atoms with Crippen molar-refractivity contribution in [3.8, 4) is 0 Å². The summed E-state index contributed by atoms with van der Waals surface area (Å²) in [5.41, 5.74) is 2.38. The second-order valence-corrected chi connectivity index (χ2v) is 11.1. The molecular weight excluding hydrogens is 468 g/mol. The van der Waals surface area contributed by atoms with Crippen LogP contribution in [0.2, 0.25) is 0 Å². The number of hydrogen-bond donors (Lipinski definition) is 0. The minimum absolute atomic E-state index is 0.0247. The Bertz CT molecular complexity index is 1130. The van der Waals surface area contributed by atoms with Crippen molar-refractivity contribution in [3.63, 3.8) is 0 Å². The van der Waals surface area contributed by atoms with Crippen molar-refractivity contribution in [1.29, 1.82) is 0 Å². The maximum absolute atomic E-state index is 13.2. The predicted octanol–water partition coefficient (Wildman–Crippen LogP) is 4.47. The largest absolute Gasteiger partial charge is 0.446 e. The molecule has 35 heavy (non-hydrogen) atoms. The van der Waals surface area contributed by atoms with Gasteiger partial charge in [-0.05, 0) is 42.7 Å². The van der Waals surface area contributed by atoms with Gasteiger partial charge in [-0.1, -0.05) is 32.2 Å². The van der Waals surface area contributed by atoms with Crippen LogP contribution in [0.15, 0.2) is 48.4 Å². The van der Waals surface area contributed by atoms with Gasteiger partial charge < -0.3 is 14.4 Å². The van der Waals surface area contributed by atoms with Gasteiger partial charge in [0.25, 0.3) is 0 Å². The zero-order valence-corrected chi connectivity index (χ0v) is 21.5. The topological polar surface area (TPSA) is 93.2 Å². The van der Waals surface area contributed by atoms with Gasteiger partial charge in [0.15, 0.2) is 9.84 Å². The lowest BCUT2D eigenvalue weighted by Gasteiger charge is -2.41. The van der Waals surface area contributed by atoms with Crippen LogP contribution >= 0.6 is 0 Å². The average molecular weight is 503 g/mol. The second-order valence-electron chi connectivity index (χ2n) is 8.89. The van der Waals surface area contributed by atoms with Crippen LogP contribution in [0.3, 0.4) is 0 Å². The first-order valence-corrected chi connectivity index (χ1v) is 13.5. The van der Waals surface area contributed by atoms with E-state index in [1.165, 1.54) is 13.0 Å². The number of hydrogen-bond acceptors (Lipinski definition) is 6. The van der Waals surface area contributed by atoms with Crippen molar-refractivity contribution in [3.05, 3.63) is 54.0 Å². The van der Waals surface area contributed by atoms with Crippen LogP contribution < -0.4 is 9.80 Å². The number of carbonyl (C=O) groups excluding carboxylic acids is 2. The van der Waals surface area contributed by atoms with Crippen LogP contribution in [0, 0.1) is 0 Å². The number of anilines is 2. The molecular formula is C26H34N2O6S. The zero-order chi connectivity index (χ0) is 25.8. The fraction of sp³-hybridized carbons (Fsp3) is 0.462. The molecule has 0 aliphatic carbocycles. The number of carbonyl (C=O) groups is 2. The molecule has 1 fully saturated rings. The van der Waals surface area contributed by atoms with Crippen molar-refractivity contribution < 1.29 is 27.5 Å². The summed E-state index contributed by atoms with van der Waals surface area (Å²) < 4.78 is 35.5. The number of ether oxygens (including phenoxy) is 2. The fourth-order valence-corrected chi connectivity index (χ4v) is 5.35. The SMILES string of the molecule is C=C(/C=C\C(=C)S(=O)(=O)CCC)c1ccc2c(c1)N(C(=O)OC1CCOCC1)CC(C)N2C(C)=O. The van der Waals surface area contributed by atoms with Gasteiger partial charge in [-0.25, -0.2) is 13.2 Å². The highest BCUT2D eigenvalue weighted by Crippen LogP contribution is 2.38. The van der Waals surface area contributed by atoms with Gasteiger partial charge in [0.2, 0.25) is 5.91 Å². The van der Waals surface area contributed by atoms with Crippen molar-refractivity contribution in [1.82, 2.24) is 0 Å².